The first-order valence-corrected chi connectivity index (χ1v) is 13.3. The quantitative estimate of drug-likeness (QED) is 0.570. The lowest BCUT2D eigenvalue weighted by Gasteiger charge is -2.39. The van der Waals surface area contributed by atoms with E-state index >= 15 is 0 Å². The zero-order valence-corrected chi connectivity index (χ0v) is 19.8. The third kappa shape index (κ3) is 4.27. The molecule has 1 aromatic heterocycles. The number of benzene rings is 2. The molecular formula is C25H30FN3O3S. The predicted molar refractivity (Wildman–Crippen MR) is 128 cm³/mol. The highest BCUT2D eigenvalue weighted by Crippen LogP contribution is 2.42. The van der Waals surface area contributed by atoms with Crippen LogP contribution in [0.5, 0.6) is 5.75 Å². The van der Waals surface area contributed by atoms with Crippen LogP contribution in [-0.2, 0) is 16.4 Å². The van der Waals surface area contributed by atoms with Gasteiger partial charge in [-0.25, -0.2) is 8.42 Å². The number of H-pyrrole nitrogens is 1. The molecule has 2 aliphatic rings. The molecule has 33 heavy (non-hydrogen) atoms. The van der Waals surface area contributed by atoms with E-state index in [4.69, 9.17) is 4.74 Å². The van der Waals surface area contributed by atoms with Gasteiger partial charge in [0, 0.05) is 48.2 Å². The predicted octanol–water partition coefficient (Wildman–Crippen LogP) is 3.74. The van der Waals surface area contributed by atoms with Crippen molar-refractivity contribution < 1.29 is 17.5 Å². The second-order valence-corrected chi connectivity index (χ2v) is 11.2. The number of rotatable bonds is 7. The van der Waals surface area contributed by atoms with E-state index in [1.807, 2.05) is 49.4 Å². The molecule has 3 aromatic rings. The van der Waals surface area contributed by atoms with Gasteiger partial charge in [0.25, 0.3) is 0 Å². The Morgan fingerprint density at radius 1 is 1.12 bits per heavy atom. The van der Waals surface area contributed by atoms with Gasteiger partial charge < -0.3 is 9.72 Å². The lowest BCUT2D eigenvalue weighted by atomic mass is 9.91. The first-order valence-electron chi connectivity index (χ1n) is 11.4. The van der Waals surface area contributed by atoms with Crippen molar-refractivity contribution in [1.82, 2.24) is 14.2 Å². The molecule has 0 radical (unpaired) electrons. The van der Waals surface area contributed by atoms with E-state index in [9.17, 15) is 12.8 Å². The summed E-state index contributed by atoms with van der Waals surface area (Å²) in [7, 11) is -3.44. The summed E-state index contributed by atoms with van der Waals surface area (Å²) in [6.07, 6.45) is 1.95. The molecule has 2 aromatic carbocycles. The van der Waals surface area contributed by atoms with Crippen molar-refractivity contribution in [2.24, 2.45) is 5.92 Å². The molecule has 6 nitrogen and oxygen atoms in total. The van der Waals surface area contributed by atoms with Gasteiger partial charge in [0.1, 0.15) is 12.4 Å². The number of halogens is 1. The maximum Gasteiger partial charge on any atom is 0.212 e. The van der Waals surface area contributed by atoms with E-state index in [1.165, 1.54) is 11.8 Å². The van der Waals surface area contributed by atoms with Crippen LogP contribution in [0.15, 0.2) is 48.5 Å². The van der Waals surface area contributed by atoms with Crippen molar-refractivity contribution >= 4 is 20.9 Å². The Bertz CT molecular complexity index is 1240. The zero-order chi connectivity index (χ0) is 23.2. The number of aromatic nitrogens is 1. The number of para-hydroxylation sites is 1. The van der Waals surface area contributed by atoms with Gasteiger partial charge >= 0.3 is 0 Å². The summed E-state index contributed by atoms with van der Waals surface area (Å²) in [6, 6.07) is 15.3. The minimum absolute atomic E-state index is 0.155. The van der Waals surface area contributed by atoms with Crippen molar-refractivity contribution in [1.29, 1.82) is 0 Å². The molecule has 176 valence electrons. The van der Waals surface area contributed by atoms with Gasteiger partial charge in [0.2, 0.25) is 10.0 Å². The normalized spacial score (nSPS) is 22.3. The van der Waals surface area contributed by atoms with Crippen molar-refractivity contribution in [2.45, 2.75) is 25.4 Å². The van der Waals surface area contributed by atoms with Crippen molar-refractivity contribution in [3.63, 3.8) is 0 Å². The van der Waals surface area contributed by atoms with Crippen LogP contribution in [0.25, 0.3) is 10.9 Å². The number of aromatic amines is 1. The van der Waals surface area contributed by atoms with E-state index in [1.54, 1.807) is 4.31 Å². The molecule has 5 rings (SSSR count). The van der Waals surface area contributed by atoms with Crippen LogP contribution in [-0.4, -0.2) is 67.8 Å². The molecule has 2 unspecified atom stereocenters. The van der Waals surface area contributed by atoms with E-state index < -0.39 is 16.1 Å². The summed E-state index contributed by atoms with van der Waals surface area (Å²) >= 11 is 0. The Balaban J connectivity index is 1.40. The fourth-order valence-electron chi connectivity index (χ4n) is 5.27. The van der Waals surface area contributed by atoms with Gasteiger partial charge in [-0.3, -0.25) is 9.29 Å². The molecule has 0 saturated carbocycles. The van der Waals surface area contributed by atoms with E-state index in [2.05, 4.69) is 16.0 Å². The van der Waals surface area contributed by atoms with Crippen LogP contribution < -0.4 is 4.74 Å². The minimum Gasteiger partial charge on any atom is -0.492 e. The van der Waals surface area contributed by atoms with E-state index in [-0.39, 0.29) is 18.6 Å². The summed E-state index contributed by atoms with van der Waals surface area (Å²) < 4.78 is 45.7. The zero-order valence-electron chi connectivity index (χ0n) is 19.0. The standard InChI is InChI=1S/C25H30FN3O3S/c1-17-13-22-21-5-3-4-6-23(21)27-24(22)25(29(17)33(2,30)31)19-7-9-20(10-8-19)32-12-11-28-15-18(14-26)16-28/h3-10,17-18,25,27H,11-16H2,1-2H3. The topological polar surface area (TPSA) is 65.6 Å². The number of fused-ring (bicyclic) bond motifs is 3. The molecule has 1 fully saturated rings. The molecule has 3 heterocycles. The molecular weight excluding hydrogens is 441 g/mol. The number of nitrogens with one attached hydrogen (secondary N) is 1. The number of likely N-dealkylation sites (tertiary alicyclic amines) is 1. The van der Waals surface area contributed by atoms with E-state index in [0.29, 0.717) is 13.0 Å². The Labute approximate surface area is 194 Å². The number of sulfonamides is 1. The van der Waals surface area contributed by atoms with Crippen LogP contribution in [0, 0.1) is 5.92 Å². The smallest absolute Gasteiger partial charge is 0.212 e. The average molecular weight is 472 g/mol. The fourth-order valence-corrected chi connectivity index (χ4v) is 6.61. The van der Waals surface area contributed by atoms with Crippen molar-refractivity contribution in [3.05, 3.63) is 65.4 Å². The maximum atomic E-state index is 12.8. The Morgan fingerprint density at radius 3 is 2.55 bits per heavy atom. The maximum absolute atomic E-state index is 12.8. The SMILES string of the molecule is CC1Cc2c([nH]c3ccccc23)C(c2ccc(OCCN3CC(CF)C3)cc2)N1S(C)(=O)=O. The number of hydrogen-bond donors (Lipinski definition) is 1. The van der Waals surface area contributed by atoms with Gasteiger partial charge in [-0.2, -0.15) is 4.31 Å². The molecule has 0 bridgehead atoms. The molecule has 8 heteroatoms. The van der Waals surface area contributed by atoms with Crippen LogP contribution in [0.4, 0.5) is 4.39 Å². The molecule has 2 aliphatic heterocycles. The largest absolute Gasteiger partial charge is 0.492 e. The van der Waals surface area contributed by atoms with Crippen LogP contribution in [0.1, 0.15) is 29.8 Å². The molecule has 2 atom stereocenters. The summed E-state index contributed by atoms with van der Waals surface area (Å²) in [5.74, 6) is 0.919. The third-order valence-corrected chi connectivity index (χ3v) is 8.15. The molecule has 0 aliphatic carbocycles. The highest BCUT2D eigenvalue weighted by molar-refractivity contribution is 7.88. The Kier molecular flexibility index (Phi) is 5.93. The summed E-state index contributed by atoms with van der Waals surface area (Å²) in [6.45, 7) is 4.64. The van der Waals surface area contributed by atoms with Gasteiger partial charge in [-0.15, -0.1) is 0 Å². The van der Waals surface area contributed by atoms with E-state index in [0.717, 1.165) is 47.5 Å². The first-order chi connectivity index (χ1) is 15.8. The minimum atomic E-state index is -3.44. The summed E-state index contributed by atoms with van der Waals surface area (Å²) in [5.41, 5.74) is 4.05. The second kappa shape index (κ2) is 8.74. The highest BCUT2D eigenvalue weighted by Gasteiger charge is 2.40. The fraction of sp³-hybridized carbons (Fsp3) is 0.440. The Hall–Kier alpha value is -2.42. The molecule has 0 amide bonds. The number of nitrogens with zero attached hydrogens (tertiary/aromatic N) is 2. The summed E-state index contributed by atoms with van der Waals surface area (Å²) in [5, 5.41) is 1.15. The molecule has 1 N–H and O–H groups in total. The lowest BCUT2D eigenvalue weighted by Crippen LogP contribution is -2.49. The number of alkyl halides is 1. The van der Waals surface area contributed by atoms with Crippen LogP contribution in [0.3, 0.4) is 0 Å². The average Bonchev–Trinajstić information content (AvgIpc) is 3.12. The summed E-state index contributed by atoms with van der Waals surface area (Å²) in [4.78, 5) is 5.68. The molecule has 0 spiro atoms. The second-order valence-electron chi connectivity index (χ2n) is 9.31. The Morgan fingerprint density at radius 2 is 1.85 bits per heavy atom. The van der Waals surface area contributed by atoms with Crippen LogP contribution >= 0.6 is 0 Å². The van der Waals surface area contributed by atoms with Gasteiger partial charge in [0.15, 0.2) is 0 Å². The van der Waals surface area contributed by atoms with Gasteiger partial charge in [-0.05, 0) is 42.7 Å². The third-order valence-electron chi connectivity index (χ3n) is 6.81. The number of ether oxygens (including phenoxy) is 1. The van der Waals surface area contributed by atoms with Crippen molar-refractivity contribution in [2.75, 3.05) is 39.2 Å². The monoisotopic (exact) mass is 471 g/mol. The van der Waals surface area contributed by atoms with Gasteiger partial charge in [-0.1, -0.05) is 30.3 Å². The van der Waals surface area contributed by atoms with Crippen LogP contribution in [0.2, 0.25) is 0 Å². The number of hydrogen-bond acceptors (Lipinski definition) is 4. The van der Waals surface area contributed by atoms with Crippen molar-refractivity contribution in [3.8, 4) is 5.75 Å². The first kappa shape index (κ1) is 22.4. The highest BCUT2D eigenvalue weighted by atomic mass is 32.2. The van der Waals surface area contributed by atoms with Gasteiger partial charge in [0.05, 0.1) is 19.0 Å². The lowest BCUT2D eigenvalue weighted by molar-refractivity contribution is 0.0668. The molecule has 1 saturated heterocycles.